The van der Waals surface area contributed by atoms with Crippen molar-refractivity contribution in [3.05, 3.63) is 95.6 Å². The number of benzene rings is 3. The monoisotopic (exact) mass is 424 g/mol. The minimum absolute atomic E-state index is 0.103. The second kappa shape index (κ2) is 10.2. The van der Waals surface area contributed by atoms with Crippen LogP contribution < -0.4 is 4.74 Å². The highest BCUT2D eigenvalue weighted by Gasteiger charge is 2.15. The summed E-state index contributed by atoms with van der Waals surface area (Å²) in [6, 6.07) is 24.6. The molecule has 0 N–H and O–H groups in total. The van der Waals surface area contributed by atoms with Crippen molar-refractivity contribution in [2.24, 2.45) is 0 Å². The molecule has 0 unspecified atom stereocenters. The molecule has 162 valence electrons. The maximum atomic E-state index is 12.3. The van der Waals surface area contributed by atoms with Gasteiger partial charge in [0.15, 0.2) is 5.78 Å². The molecule has 0 fully saturated rings. The summed E-state index contributed by atoms with van der Waals surface area (Å²) < 4.78 is 6.26. The van der Waals surface area contributed by atoms with Gasteiger partial charge in [-0.25, -0.2) is 0 Å². The molecule has 1 aliphatic carbocycles. The summed E-state index contributed by atoms with van der Waals surface area (Å²) in [5.41, 5.74) is 5.60. The predicted molar refractivity (Wildman–Crippen MR) is 128 cm³/mol. The second-order valence-electron chi connectivity index (χ2n) is 8.37. The molecule has 3 nitrogen and oxygen atoms in total. The minimum Gasteiger partial charge on any atom is -0.457 e. The number of allylic oxidation sites excluding steroid dienone is 1. The Morgan fingerprint density at radius 2 is 1.72 bits per heavy atom. The number of hydrogen-bond acceptors (Lipinski definition) is 3. The van der Waals surface area contributed by atoms with E-state index in [0.717, 1.165) is 42.4 Å². The number of ether oxygens (including phenoxy) is 1. The first kappa shape index (κ1) is 21.8. The van der Waals surface area contributed by atoms with Crippen LogP contribution >= 0.6 is 0 Å². The van der Waals surface area contributed by atoms with Gasteiger partial charge in [-0.15, -0.1) is 0 Å². The zero-order valence-corrected chi connectivity index (χ0v) is 18.5. The van der Waals surface area contributed by atoms with Crippen molar-refractivity contribution in [1.82, 2.24) is 0 Å². The Kier molecular flexibility index (Phi) is 6.96. The largest absolute Gasteiger partial charge is 0.457 e. The van der Waals surface area contributed by atoms with Gasteiger partial charge in [-0.2, -0.15) is 0 Å². The third-order valence-electron chi connectivity index (χ3n) is 5.79. The van der Waals surface area contributed by atoms with Gasteiger partial charge >= 0.3 is 0 Å². The lowest BCUT2D eigenvalue weighted by Crippen LogP contribution is -2.07. The van der Waals surface area contributed by atoms with E-state index < -0.39 is 0 Å². The summed E-state index contributed by atoms with van der Waals surface area (Å²) in [5, 5.41) is 0. The normalized spacial score (nSPS) is 13.5. The number of fused-ring (bicyclic) bond motifs is 1. The summed E-state index contributed by atoms with van der Waals surface area (Å²) in [5.74, 6) is 1.67. The molecule has 4 rings (SSSR count). The van der Waals surface area contributed by atoms with Gasteiger partial charge in [0.25, 0.3) is 0 Å². The molecule has 0 heterocycles. The molecule has 3 aromatic rings. The van der Waals surface area contributed by atoms with Crippen molar-refractivity contribution in [2.45, 2.75) is 45.4 Å². The predicted octanol–water partition coefficient (Wildman–Crippen LogP) is 6.59. The number of ketones is 2. The van der Waals surface area contributed by atoms with Gasteiger partial charge < -0.3 is 9.53 Å². The van der Waals surface area contributed by atoms with Gasteiger partial charge in [0.05, 0.1) is 0 Å². The molecular weight excluding hydrogens is 396 g/mol. The van der Waals surface area contributed by atoms with Crippen LogP contribution in [0.5, 0.6) is 5.75 Å². The van der Waals surface area contributed by atoms with Crippen molar-refractivity contribution >= 4 is 17.3 Å². The van der Waals surface area contributed by atoms with E-state index in [-0.39, 0.29) is 11.6 Å². The lowest BCUT2D eigenvalue weighted by molar-refractivity contribution is -0.117. The van der Waals surface area contributed by atoms with E-state index in [1.807, 2.05) is 36.4 Å². The van der Waals surface area contributed by atoms with Crippen LogP contribution in [-0.2, 0) is 22.4 Å². The van der Waals surface area contributed by atoms with Crippen molar-refractivity contribution in [3.63, 3.8) is 0 Å². The molecule has 0 saturated carbocycles. The van der Waals surface area contributed by atoms with Crippen LogP contribution in [0.15, 0.2) is 78.9 Å². The van der Waals surface area contributed by atoms with Crippen molar-refractivity contribution in [2.75, 3.05) is 0 Å². The molecule has 0 radical (unpaired) electrons. The van der Waals surface area contributed by atoms with Crippen molar-refractivity contribution in [1.29, 1.82) is 0 Å². The Hall–Kier alpha value is -3.46. The molecule has 0 bridgehead atoms. The van der Waals surface area contributed by atoms with Crippen molar-refractivity contribution in [3.8, 4) is 16.9 Å². The molecule has 0 spiro atoms. The van der Waals surface area contributed by atoms with E-state index >= 15 is 0 Å². The van der Waals surface area contributed by atoms with Gasteiger partial charge in [0.2, 0.25) is 0 Å². The Morgan fingerprint density at radius 1 is 0.906 bits per heavy atom. The van der Waals surface area contributed by atoms with Gasteiger partial charge in [-0.3, -0.25) is 4.79 Å². The second-order valence-corrected chi connectivity index (χ2v) is 8.37. The molecular formula is C29H28O3. The number of carbonyl (C=O) groups is 2. The zero-order valence-electron chi connectivity index (χ0n) is 18.5. The quantitative estimate of drug-likeness (QED) is 0.430. The maximum absolute atomic E-state index is 12.3. The first-order valence-electron chi connectivity index (χ1n) is 11.3. The molecule has 3 heteroatoms. The number of Topliss-reactive ketones (excluding diaryl/α,β-unsaturated/α-hetero) is 1. The van der Waals surface area contributed by atoms with Gasteiger partial charge in [0.1, 0.15) is 17.3 Å². The van der Waals surface area contributed by atoms with E-state index in [9.17, 15) is 9.59 Å². The Bertz CT molecular complexity index is 1140. The summed E-state index contributed by atoms with van der Waals surface area (Å²) in [6.45, 7) is 1.64. The van der Waals surface area contributed by atoms with E-state index in [4.69, 9.17) is 4.74 Å². The molecule has 3 aromatic carbocycles. The van der Waals surface area contributed by atoms with Crippen molar-refractivity contribution < 1.29 is 14.3 Å². The topological polar surface area (TPSA) is 43.4 Å². The van der Waals surface area contributed by atoms with Crippen LogP contribution in [0.25, 0.3) is 16.9 Å². The Balaban J connectivity index is 1.54. The van der Waals surface area contributed by atoms with Crippen LogP contribution in [0.1, 0.15) is 49.3 Å². The van der Waals surface area contributed by atoms with E-state index in [1.165, 1.54) is 11.1 Å². The molecule has 0 aromatic heterocycles. The van der Waals surface area contributed by atoms with Gasteiger partial charge in [-0.1, -0.05) is 60.7 Å². The minimum atomic E-state index is 0.103. The van der Waals surface area contributed by atoms with Gasteiger partial charge in [-0.05, 0) is 67.0 Å². The molecule has 0 saturated heterocycles. The van der Waals surface area contributed by atoms with Crippen LogP contribution in [-0.4, -0.2) is 11.6 Å². The fourth-order valence-corrected chi connectivity index (χ4v) is 4.08. The van der Waals surface area contributed by atoms with Crippen LogP contribution in [0, 0.1) is 0 Å². The number of carbonyl (C=O) groups excluding carboxylic acids is 2. The van der Waals surface area contributed by atoms with E-state index in [1.54, 1.807) is 13.0 Å². The molecule has 1 aliphatic rings. The summed E-state index contributed by atoms with van der Waals surface area (Å²) in [7, 11) is 0. The number of hydrogen-bond donors (Lipinski definition) is 0. The first-order chi connectivity index (χ1) is 15.6. The molecule has 0 amide bonds. The van der Waals surface area contributed by atoms with E-state index in [2.05, 4.69) is 36.4 Å². The van der Waals surface area contributed by atoms with Crippen LogP contribution in [0.2, 0.25) is 0 Å². The number of rotatable bonds is 7. The molecule has 32 heavy (non-hydrogen) atoms. The summed E-state index contributed by atoms with van der Waals surface area (Å²) in [6.07, 6.45) is 6.34. The Morgan fingerprint density at radius 3 is 2.53 bits per heavy atom. The first-order valence-corrected chi connectivity index (χ1v) is 11.3. The lowest BCUT2D eigenvalue weighted by atomic mass is 9.96. The highest BCUT2D eigenvalue weighted by atomic mass is 16.5. The maximum Gasteiger partial charge on any atom is 0.159 e. The zero-order chi connectivity index (χ0) is 22.3. The highest BCUT2D eigenvalue weighted by molar-refractivity contribution is 5.96. The summed E-state index contributed by atoms with van der Waals surface area (Å²) in [4.78, 5) is 23.4. The molecule has 0 aliphatic heterocycles. The van der Waals surface area contributed by atoms with Crippen LogP contribution in [0.4, 0.5) is 0 Å². The third kappa shape index (κ3) is 5.61. The fraction of sp³-hybridized carbons (Fsp3) is 0.241. The van der Waals surface area contributed by atoms with Gasteiger partial charge in [0, 0.05) is 24.5 Å². The summed E-state index contributed by atoms with van der Waals surface area (Å²) >= 11 is 0. The average Bonchev–Trinajstić information content (AvgIpc) is 2.78. The van der Waals surface area contributed by atoms with Crippen LogP contribution in [0.3, 0.4) is 0 Å². The number of aryl methyl sites for hydroxylation is 2. The third-order valence-corrected chi connectivity index (χ3v) is 5.79. The van der Waals surface area contributed by atoms with E-state index in [0.29, 0.717) is 24.4 Å². The highest BCUT2D eigenvalue weighted by Crippen LogP contribution is 2.30. The molecule has 0 atom stereocenters. The average molecular weight is 425 g/mol. The standard InChI is InChI=1S/C29H28O3/c1-21(30)7-4-8-22-15-17-23(18-16-22)25-11-6-13-27(19-25)32-29-20-26(31)12-5-10-24-9-2-3-14-28(24)29/h2-3,6,9,11,13-20H,4-5,7-8,10,12H2,1H3. The lowest BCUT2D eigenvalue weighted by Gasteiger charge is -2.17. The SMILES string of the molecule is CC(=O)CCCc1ccc(-c2cccc(OC3=CC(=O)CCCc4ccccc43)c2)cc1. The smallest absolute Gasteiger partial charge is 0.159 e. The fourth-order valence-electron chi connectivity index (χ4n) is 4.08. The Labute approximate surface area is 189 Å².